The molecule has 1 aliphatic heterocycles. The molecule has 1 saturated carbocycles. The molecule has 1 unspecified atom stereocenters. The average molecular weight is 205 g/mol. The van der Waals surface area contributed by atoms with Crippen LogP contribution >= 0.6 is 15.9 Å². The van der Waals surface area contributed by atoms with Crippen molar-refractivity contribution in [3.05, 3.63) is 0 Å². The minimum Gasteiger partial charge on any atom is -0.461 e. The molecule has 1 atom stereocenters. The second kappa shape index (κ2) is 1.97. The van der Waals surface area contributed by atoms with E-state index in [9.17, 15) is 4.79 Å². The van der Waals surface area contributed by atoms with Crippen molar-refractivity contribution in [2.75, 3.05) is 5.33 Å². The van der Waals surface area contributed by atoms with Crippen molar-refractivity contribution in [2.45, 2.75) is 25.4 Å². The van der Waals surface area contributed by atoms with Crippen LogP contribution in [0.15, 0.2) is 0 Å². The van der Waals surface area contributed by atoms with Crippen molar-refractivity contribution < 1.29 is 9.53 Å². The van der Waals surface area contributed by atoms with Crippen molar-refractivity contribution in [1.82, 2.24) is 0 Å². The third-order valence-corrected chi connectivity index (χ3v) is 3.07. The summed E-state index contributed by atoms with van der Waals surface area (Å²) in [5.41, 5.74) is -0.0154. The molecule has 1 saturated heterocycles. The van der Waals surface area contributed by atoms with Gasteiger partial charge < -0.3 is 4.74 Å². The Balaban J connectivity index is 2.08. The second-order valence-electron chi connectivity index (χ2n) is 3.17. The number of alkyl halides is 1. The number of esters is 1. The average Bonchev–Trinajstić information content (AvgIpc) is 2.60. The quantitative estimate of drug-likeness (QED) is 0.478. The normalized spacial score (nSPS) is 34.5. The lowest BCUT2D eigenvalue weighted by Gasteiger charge is -2.00. The fraction of sp³-hybridized carbons (Fsp3) is 0.857. The Bertz CT molecular complexity index is 174. The highest BCUT2D eigenvalue weighted by molar-refractivity contribution is 9.09. The molecule has 0 N–H and O–H groups in total. The van der Waals surface area contributed by atoms with E-state index in [4.69, 9.17) is 4.74 Å². The van der Waals surface area contributed by atoms with Gasteiger partial charge in [-0.3, -0.25) is 4.79 Å². The highest BCUT2D eigenvalue weighted by Gasteiger charge is 2.57. The van der Waals surface area contributed by atoms with E-state index in [-0.39, 0.29) is 17.5 Å². The fourth-order valence-electron chi connectivity index (χ4n) is 1.48. The second-order valence-corrected chi connectivity index (χ2v) is 3.81. The van der Waals surface area contributed by atoms with Crippen molar-refractivity contribution in [2.24, 2.45) is 5.41 Å². The van der Waals surface area contributed by atoms with Gasteiger partial charge in [-0.25, -0.2) is 0 Å². The van der Waals surface area contributed by atoms with Crippen LogP contribution in [0.5, 0.6) is 0 Å². The van der Waals surface area contributed by atoms with E-state index in [2.05, 4.69) is 15.9 Å². The summed E-state index contributed by atoms with van der Waals surface area (Å²) in [4.78, 5) is 11.1. The Hall–Kier alpha value is -0.0500. The van der Waals surface area contributed by atoms with Gasteiger partial charge in [0.2, 0.25) is 0 Å². The predicted octanol–water partition coefficient (Wildman–Crippen LogP) is 1.48. The van der Waals surface area contributed by atoms with Gasteiger partial charge in [-0.05, 0) is 12.8 Å². The zero-order valence-electron chi connectivity index (χ0n) is 5.60. The highest BCUT2D eigenvalue weighted by Crippen LogP contribution is 2.54. The molecule has 3 heteroatoms. The van der Waals surface area contributed by atoms with Crippen LogP contribution in [0, 0.1) is 5.41 Å². The van der Waals surface area contributed by atoms with Gasteiger partial charge in [-0.2, -0.15) is 0 Å². The topological polar surface area (TPSA) is 26.3 Å². The summed E-state index contributed by atoms with van der Waals surface area (Å²) in [6.07, 6.45) is 3.19. The van der Waals surface area contributed by atoms with E-state index in [1.807, 2.05) is 0 Å². The molecule has 0 amide bonds. The Morgan fingerprint density at radius 3 is 2.70 bits per heavy atom. The lowest BCUT2D eigenvalue weighted by Crippen LogP contribution is -2.07. The van der Waals surface area contributed by atoms with Gasteiger partial charge in [-0.15, -0.1) is 0 Å². The van der Waals surface area contributed by atoms with E-state index >= 15 is 0 Å². The predicted molar refractivity (Wildman–Crippen MR) is 40.0 cm³/mol. The number of carbonyl (C=O) groups is 1. The zero-order valence-corrected chi connectivity index (χ0v) is 7.19. The summed E-state index contributed by atoms with van der Waals surface area (Å²) in [6, 6.07) is 0. The first-order valence-electron chi connectivity index (χ1n) is 3.54. The van der Waals surface area contributed by atoms with Crippen molar-refractivity contribution in [1.29, 1.82) is 0 Å². The third kappa shape index (κ3) is 0.797. The number of carbonyl (C=O) groups excluding carboxylic acids is 1. The van der Waals surface area contributed by atoms with Gasteiger partial charge in [0.05, 0.1) is 5.41 Å². The standard InChI is InChI=1S/C7H9BrO2/c8-4-5-3-7(1-2-7)6(9)10-5/h5H,1-4H2. The molecule has 2 aliphatic rings. The molecule has 2 nitrogen and oxygen atoms in total. The zero-order chi connectivity index (χ0) is 7.19. The molecule has 56 valence electrons. The summed E-state index contributed by atoms with van der Waals surface area (Å²) >= 11 is 3.31. The van der Waals surface area contributed by atoms with Gasteiger partial charge in [-0.1, -0.05) is 15.9 Å². The first kappa shape index (κ1) is 6.65. The van der Waals surface area contributed by atoms with Crippen LogP contribution in [0.2, 0.25) is 0 Å². The molecule has 10 heavy (non-hydrogen) atoms. The van der Waals surface area contributed by atoms with E-state index in [1.165, 1.54) is 0 Å². The molecule has 0 radical (unpaired) electrons. The third-order valence-electron chi connectivity index (χ3n) is 2.35. The largest absolute Gasteiger partial charge is 0.461 e. The van der Waals surface area contributed by atoms with Gasteiger partial charge in [0.25, 0.3) is 0 Å². The van der Waals surface area contributed by atoms with Crippen LogP contribution < -0.4 is 0 Å². The molecular formula is C7H9BrO2. The van der Waals surface area contributed by atoms with Gasteiger partial charge in [0.15, 0.2) is 0 Å². The van der Waals surface area contributed by atoms with Gasteiger partial charge in [0.1, 0.15) is 6.10 Å². The molecule has 1 heterocycles. The number of hydrogen-bond acceptors (Lipinski definition) is 2. The summed E-state index contributed by atoms with van der Waals surface area (Å²) < 4.78 is 5.10. The SMILES string of the molecule is O=C1OC(CBr)CC12CC2. The molecule has 2 fully saturated rings. The molecule has 0 aromatic rings. The maximum Gasteiger partial charge on any atom is 0.312 e. The Morgan fingerprint density at radius 2 is 2.40 bits per heavy atom. The Kier molecular flexibility index (Phi) is 1.31. The van der Waals surface area contributed by atoms with Crippen LogP contribution in [0.4, 0.5) is 0 Å². The van der Waals surface area contributed by atoms with E-state index in [1.54, 1.807) is 0 Å². The molecular weight excluding hydrogens is 196 g/mol. The van der Waals surface area contributed by atoms with E-state index in [0.717, 1.165) is 24.6 Å². The van der Waals surface area contributed by atoms with Crippen molar-refractivity contribution in [3.63, 3.8) is 0 Å². The first-order valence-corrected chi connectivity index (χ1v) is 4.66. The summed E-state index contributed by atoms with van der Waals surface area (Å²) in [5, 5.41) is 0.792. The maximum atomic E-state index is 11.1. The van der Waals surface area contributed by atoms with Crippen molar-refractivity contribution >= 4 is 21.9 Å². The molecule has 1 spiro atoms. The van der Waals surface area contributed by atoms with Crippen LogP contribution in [0.3, 0.4) is 0 Å². The lowest BCUT2D eigenvalue weighted by molar-refractivity contribution is -0.144. The number of ether oxygens (including phenoxy) is 1. The molecule has 1 aliphatic carbocycles. The van der Waals surface area contributed by atoms with Crippen molar-refractivity contribution in [3.8, 4) is 0 Å². The first-order chi connectivity index (χ1) is 4.77. The number of rotatable bonds is 1. The van der Waals surface area contributed by atoms with E-state index in [0.29, 0.717) is 0 Å². The molecule has 0 bridgehead atoms. The summed E-state index contributed by atoms with van der Waals surface area (Å²) in [5.74, 6) is 0.0388. The van der Waals surface area contributed by atoms with Crippen LogP contribution in [0.1, 0.15) is 19.3 Å². The number of hydrogen-bond donors (Lipinski definition) is 0. The lowest BCUT2D eigenvalue weighted by atomic mass is 10.0. The van der Waals surface area contributed by atoms with Crippen LogP contribution in [0.25, 0.3) is 0 Å². The number of cyclic esters (lactones) is 1. The molecule has 0 aromatic heterocycles. The summed E-state index contributed by atoms with van der Waals surface area (Å²) in [7, 11) is 0. The Labute approximate surface area is 68.1 Å². The minimum absolute atomic E-state index is 0.0154. The smallest absolute Gasteiger partial charge is 0.312 e. The van der Waals surface area contributed by atoms with E-state index < -0.39 is 0 Å². The summed E-state index contributed by atoms with van der Waals surface area (Å²) in [6.45, 7) is 0. The van der Waals surface area contributed by atoms with Crippen LogP contribution in [-0.4, -0.2) is 17.4 Å². The molecule has 2 rings (SSSR count). The fourth-order valence-corrected chi connectivity index (χ4v) is 1.84. The van der Waals surface area contributed by atoms with Crippen LogP contribution in [-0.2, 0) is 9.53 Å². The van der Waals surface area contributed by atoms with Gasteiger partial charge >= 0.3 is 5.97 Å². The minimum atomic E-state index is -0.0154. The Morgan fingerprint density at radius 1 is 1.70 bits per heavy atom. The highest BCUT2D eigenvalue weighted by atomic mass is 79.9. The maximum absolute atomic E-state index is 11.1. The molecule has 0 aromatic carbocycles. The monoisotopic (exact) mass is 204 g/mol. The van der Waals surface area contributed by atoms with Gasteiger partial charge in [0, 0.05) is 11.8 Å². The number of halogens is 1.